The Hall–Kier alpha value is -1.56. The molecular weight excluding hydrogens is 345 g/mol. The van der Waals surface area contributed by atoms with Crippen LogP contribution in [-0.4, -0.2) is 29.1 Å². The minimum atomic E-state index is 0.251. The van der Waals surface area contributed by atoms with E-state index in [9.17, 15) is 0 Å². The Morgan fingerprint density at radius 2 is 1.96 bits per heavy atom. The SMILES string of the molecule is Nc1nc(N2CC[C@@]3(CC[C@H]3N)C2)cnc1-c1c(Cl)cccc1Cl. The topological polar surface area (TPSA) is 81.1 Å². The zero-order chi connectivity index (χ0) is 16.9. The molecule has 0 bridgehead atoms. The maximum atomic E-state index is 6.25. The van der Waals surface area contributed by atoms with Crippen LogP contribution < -0.4 is 16.4 Å². The van der Waals surface area contributed by atoms with Crippen LogP contribution in [0.5, 0.6) is 0 Å². The van der Waals surface area contributed by atoms with Crippen LogP contribution in [0, 0.1) is 5.41 Å². The van der Waals surface area contributed by atoms with E-state index in [1.165, 1.54) is 6.42 Å². The lowest BCUT2D eigenvalue weighted by atomic mass is 9.64. The van der Waals surface area contributed by atoms with Crippen molar-refractivity contribution in [1.29, 1.82) is 0 Å². The second-order valence-electron chi connectivity index (χ2n) is 6.74. The highest BCUT2D eigenvalue weighted by molar-refractivity contribution is 6.39. The largest absolute Gasteiger partial charge is 0.382 e. The third-order valence-corrected chi connectivity index (χ3v) is 6.07. The van der Waals surface area contributed by atoms with Gasteiger partial charge in [0.25, 0.3) is 0 Å². The first-order valence-electron chi connectivity index (χ1n) is 8.08. The van der Waals surface area contributed by atoms with Crippen LogP contribution in [0.2, 0.25) is 10.0 Å². The van der Waals surface area contributed by atoms with Crippen molar-refractivity contribution in [2.75, 3.05) is 23.7 Å². The van der Waals surface area contributed by atoms with Gasteiger partial charge in [0, 0.05) is 30.1 Å². The van der Waals surface area contributed by atoms with E-state index in [1.54, 1.807) is 24.4 Å². The van der Waals surface area contributed by atoms with Gasteiger partial charge in [-0.2, -0.15) is 0 Å². The minimum absolute atomic E-state index is 0.251. The summed E-state index contributed by atoms with van der Waals surface area (Å²) >= 11 is 12.5. The van der Waals surface area contributed by atoms with Crippen molar-refractivity contribution >= 4 is 34.8 Å². The highest BCUT2D eigenvalue weighted by atomic mass is 35.5. The van der Waals surface area contributed by atoms with Crippen LogP contribution in [0.25, 0.3) is 11.3 Å². The van der Waals surface area contributed by atoms with Crippen molar-refractivity contribution in [1.82, 2.24) is 9.97 Å². The molecule has 4 N–H and O–H groups in total. The Bertz CT molecular complexity index is 776. The smallest absolute Gasteiger partial charge is 0.152 e. The molecule has 2 aromatic rings. The number of nitrogens with two attached hydrogens (primary N) is 2. The quantitative estimate of drug-likeness (QED) is 0.854. The maximum absolute atomic E-state index is 6.25. The predicted octanol–water partition coefficient (Wildman–Crippen LogP) is 3.35. The normalized spacial score (nSPS) is 26.0. The second kappa shape index (κ2) is 5.76. The third-order valence-electron chi connectivity index (χ3n) is 5.44. The fraction of sp³-hybridized carbons (Fsp3) is 0.412. The van der Waals surface area contributed by atoms with E-state index < -0.39 is 0 Å². The number of nitrogens with zero attached hydrogens (tertiary/aromatic N) is 3. The molecule has 2 atom stereocenters. The Kier molecular flexibility index (Phi) is 3.82. The van der Waals surface area contributed by atoms with Crippen molar-refractivity contribution < 1.29 is 0 Å². The number of nitrogen functional groups attached to an aromatic ring is 1. The van der Waals surface area contributed by atoms with E-state index in [-0.39, 0.29) is 5.41 Å². The summed E-state index contributed by atoms with van der Waals surface area (Å²) in [7, 11) is 0. The van der Waals surface area contributed by atoms with Gasteiger partial charge in [-0.15, -0.1) is 0 Å². The maximum Gasteiger partial charge on any atom is 0.152 e. The average Bonchev–Trinajstić information content (AvgIpc) is 3.02. The predicted molar refractivity (Wildman–Crippen MR) is 98.4 cm³/mol. The van der Waals surface area contributed by atoms with E-state index in [0.717, 1.165) is 31.7 Å². The molecule has 0 radical (unpaired) electrons. The van der Waals surface area contributed by atoms with Crippen LogP contribution in [0.3, 0.4) is 0 Å². The summed E-state index contributed by atoms with van der Waals surface area (Å²) in [5.41, 5.74) is 13.8. The molecule has 7 heteroatoms. The Morgan fingerprint density at radius 3 is 2.50 bits per heavy atom. The second-order valence-corrected chi connectivity index (χ2v) is 7.55. The molecule has 2 aliphatic rings. The van der Waals surface area contributed by atoms with Crippen LogP contribution in [0.15, 0.2) is 24.4 Å². The number of halogens is 2. The van der Waals surface area contributed by atoms with Crippen LogP contribution in [0.4, 0.5) is 11.6 Å². The Labute approximate surface area is 151 Å². The molecule has 2 fully saturated rings. The number of rotatable bonds is 2. The van der Waals surface area contributed by atoms with Gasteiger partial charge in [0.05, 0.1) is 16.2 Å². The van der Waals surface area contributed by atoms with Crippen LogP contribution in [0.1, 0.15) is 19.3 Å². The summed E-state index contributed by atoms with van der Waals surface area (Å²) in [6.45, 7) is 1.86. The molecule has 5 nitrogen and oxygen atoms in total. The van der Waals surface area contributed by atoms with Gasteiger partial charge in [0.2, 0.25) is 0 Å². The van der Waals surface area contributed by atoms with E-state index in [0.29, 0.717) is 33.2 Å². The third kappa shape index (κ3) is 2.42. The van der Waals surface area contributed by atoms with Gasteiger partial charge in [-0.3, -0.25) is 0 Å². The molecule has 1 aliphatic carbocycles. The first-order chi connectivity index (χ1) is 11.5. The van der Waals surface area contributed by atoms with Gasteiger partial charge in [-0.1, -0.05) is 29.3 Å². The Morgan fingerprint density at radius 1 is 1.21 bits per heavy atom. The van der Waals surface area contributed by atoms with Crippen molar-refractivity contribution in [2.24, 2.45) is 11.1 Å². The molecule has 1 saturated carbocycles. The van der Waals surface area contributed by atoms with E-state index in [4.69, 9.17) is 34.7 Å². The first-order valence-corrected chi connectivity index (χ1v) is 8.83. The number of benzene rings is 1. The summed E-state index contributed by atoms with van der Waals surface area (Å²) < 4.78 is 0. The lowest BCUT2D eigenvalue weighted by Gasteiger charge is -2.44. The lowest BCUT2D eigenvalue weighted by Crippen LogP contribution is -2.52. The van der Waals surface area contributed by atoms with Crippen molar-refractivity contribution in [2.45, 2.75) is 25.3 Å². The average molecular weight is 364 g/mol. The highest BCUT2D eigenvalue weighted by Crippen LogP contribution is 2.48. The molecule has 1 aromatic carbocycles. The van der Waals surface area contributed by atoms with Crippen molar-refractivity contribution in [3.8, 4) is 11.3 Å². The van der Waals surface area contributed by atoms with E-state index in [1.807, 2.05) is 0 Å². The molecule has 0 amide bonds. The number of aromatic nitrogens is 2. The first kappa shape index (κ1) is 15.9. The minimum Gasteiger partial charge on any atom is -0.382 e. The molecule has 0 unspecified atom stereocenters. The fourth-order valence-corrected chi connectivity index (χ4v) is 4.36. The summed E-state index contributed by atoms with van der Waals surface area (Å²) in [4.78, 5) is 11.3. The monoisotopic (exact) mass is 363 g/mol. The molecule has 1 saturated heterocycles. The summed E-state index contributed by atoms with van der Waals surface area (Å²) in [5, 5.41) is 1.02. The summed E-state index contributed by atoms with van der Waals surface area (Å²) in [6, 6.07) is 5.62. The Balaban J connectivity index is 1.64. The van der Waals surface area contributed by atoms with Crippen molar-refractivity contribution in [3.63, 3.8) is 0 Å². The van der Waals surface area contributed by atoms with Crippen molar-refractivity contribution in [3.05, 3.63) is 34.4 Å². The van der Waals surface area contributed by atoms with Crippen LogP contribution in [-0.2, 0) is 0 Å². The van der Waals surface area contributed by atoms with Crippen LogP contribution >= 0.6 is 23.2 Å². The summed E-state index contributed by atoms with van der Waals surface area (Å²) in [6.07, 6.45) is 5.16. The summed E-state index contributed by atoms with van der Waals surface area (Å²) in [5.74, 6) is 1.12. The van der Waals surface area contributed by atoms with Gasteiger partial charge in [0.15, 0.2) is 5.82 Å². The molecule has 1 aliphatic heterocycles. The zero-order valence-electron chi connectivity index (χ0n) is 13.2. The van der Waals surface area contributed by atoms with Gasteiger partial charge in [-0.05, 0) is 31.4 Å². The standard InChI is InChI=1S/C17H19Cl2N5/c18-10-2-1-3-11(19)14(10)15-16(21)23-13(8-22-15)24-7-6-17(9-24)5-4-12(17)20/h1-3,8,12H,4-7,9,20H2,(H2,21,23)/t12-,17+/m1/s1. The van der Waals surface area contributed by atoms with E-state index in [2.05, 4.69) is 14.9 Å². The molecule has 24 heavy (non-hydrogen) atoms. The zero-order valence-corrected chi connectivity index (χ0v) is 14.7. The number of anilines is 2. The molecular formula is C17H19Cl2N5. The van der Waals surface area contributed by atoms with Gasteiger partial charge < -0.3 is 16.4 Å². The molecule has 2 heterocycles. The lowest BCUT2D eigenvalue weighted by molar-refractivity contribution is 0.122. The molecule has 1 spiro atoms. The van der Waals surface area contributed by atoms with Gasteiger partial charge >= 0.3 is 0 Å². The highest BCUT2D eigenvalue weighted by Gasteiger charge is 2.49. The van der Waals surface area contributed by atoms with Gasteiger partial charge in [0.1, 0.15) is 11.5 Å². The number of hydrogen-bond donors (Lipinski definition) is 2. The van der Waals surface area contributed by atoms with Gasteiger partial charge in [-0.25, -0.2) is 9.97 Å². The molecule has 126 valence electrons. The molecule has 1 aromatic heterocycles. The fourth-order valence-electron chi connectivity index (χ4n) is 3.78. The molecule has 4 rings (SSSR count). The number of hydrogen-bond acceptors (Lipinski definition) is 5. The van der Waals surface area contributed by atoms with E-state index >= 15 is 0 Å².